The molecular formula is C23H18ClF3N4O3S. The maximum Gasteiger partial charge on any atom is 0.573 e. The third-order valence-corrected chi connectivity index (χ3v) is 7.03. The first kappa shape index (κ1) is 23.4. The molecule has 1 aliphatic rings. The Balaban J connectivity index is 1.31. The fourth-order valence-corrected chi connectivity index (χ4v) is 5.22. The zero-order valence-corrected chi connectivity index (χ0v) is 19.9. The first-order valence-electron chi connectivity index (χ1n) is 10.6. The second-order valence-corrected chi connectivity index (χ2v) is 9.31. The van der Waals surface area contributed by atoms with E-state index in [-0.39, 0.29) is 11.7 Å². The molecule has 1 aliphatic heterocycles. The lowest BCUT2D eigenvalue weighted by molar-refractivity contribution is -0.274. The van der Waals surface area contributed by atoms with Crippen LogP contribution in [-0.2, 0) is 0 Å². The standard InChI is InChI=1S/C23H18ClF3N4O3S/c1-13-19(20(29-34-13)15-4-2-3-5-16(15)24)21(32)30-8-10-31(11-9-30)22-28-17-7-6-14(12-18(17)35-22)33-23(25,26)27/h2-7,12H,8-11H2,1H3. The van der Waals surface area contributed by atoms with Gasteiger partial charge in [-0.15, -0.1) is 13.2 Å². The van der Waals surface area contributed by atoms with Crippen LogP contribution in [0.5, 0.6) is 5.75 Å². The minimum Gasteiger partial charge on any atom is -0.406 e. The van der Waals surface area contributed by atoms with E-state index in [2.05, 4.69) is 14.9 Å². The van der Waals surface area contributed by atoms with Gasteiger partial charge in [0.2, 0.25) is 0 Å². The number of carbonyl (C=O) groups is 1. The van der Waals surface area contributed by atoms with Gasteiger partial charge in [0.25, 0.3) is 5.91 Å². The number of halogens is 4. The second-order valence-electron chi connectivity index (χ2n) is 7.90. The van der Waals surface area contributed by atoms with Crippen molar-refractivity contribution in [2.24, 2.45) is 0 Å². The molecule has 2 aromatic carbocycles. The maximum atomic E-state index is 13.4. The summed E-state index contributed by atoms with van der Waals surface area (Å²) in [6.45, 7) is 3.59. The van der Waals surface area contributed by atoms with Gasteiger partial charge in [-0.3, -0.25) is 4.79 Å². The maximum absolute atomic E-state index is 13.4. The van der Waals surface area contributed by atoms with E-state index in [1.54, 1.807) is 30.0 Å². The zero-order chi connectivity index (χ0) is 24.7. The van der Waals surface area contributed by atoms with Crippen molar-refractivity contribution in [1.29, 1.82) is 0 Å². The average Bonchev–Trinajstić information content (AvgIpc) is 3.41. The van der Waals surface area contributed by atoms with E-state index in [1.165, 1.54) is 29.5 Å². The predicted molar refractivity (Wildman–Crippen MR) is 126 cm³/mol. The van der Waals surface area contributed by atoms with Crippen molar-refractivity contribution in [3.8, 4) is 17.0 Å². The van der Waals surface area contributed by atoms with Crippen LogP contribution >= 0.6 is 22.9 Å². The van der Waals surface area contributed by atoms with Gasteiger partial charge in [-0.2, -0.15) is 0 Å². The second kappa shape index (κ2) is 9.04. The third-order valence-electron chi connectivity index (χ3n) is 5.63. The summed E-state index contributed by atoms with van der Waals surface area (Å²) < 4.78 is 47.5. The van der Waals surface area contributed by atoms with E-state index >= 15 is 0 Å². The van der Waals surface area contributed by atoms with Crippen molar-refractivity contribution in [2.75, 3.05) is 31.1 Å². The lowest BCUT2D eigenvalue weighted by Gasteiger charge is -2.34. The summed E-state index contributed by atoms with van der Waals surface area (Å²) in [4.78, 5) is 21.6. The molecule has 0 unspecified atom stereocenters. The van der Waals surface area contributed by atoms with Crippen LogP contribution in [0.25, 0.3) is 21.5 Å². The van der Waals surface area contributed by atoms with Crippen LogP contribution in [-0.4, -0.2) is 53.5 Å². The number of ether oxygens (including phenoxy) is 1. The number of aryl methyl sites for hydroxylation is 1. The van der Waals surface area contributed by atoms with Gasteiger partial charge in [-0.25, -0.2) is 4.98 Å². The number of hydrogen-bond donors (Lipinski definition) is 0. The van der Waals surface area contributed by atoms with E-state index in [0.717, 1.165) is 0 Å². The summed E-state index contributed by atoms with van der Waals surface area (Å²) >= 11 is 7.59. The van der Waals surface area contributed by atoms with E-state index in [0.29, 0.717) is 69.1 Å². The van der Waals surface area contributed by atoms with Crippen LogP contribution in [0.2, 0.25) is 5.02 Å². The Morgan fingerprint density at radius 2 is 1.89 bits per heavy atom. The molecule has 5 rings (SSSR count). The van der Waals surface area contributed by atoms with Crippen LogP contribution in [0, 0.1) is 6.92 Å². The predicted octanol–water partition coefficient (Wildman–Crippen LogP) is 5.77. The van der Waals surface area contributed by atoms with Gasteiger partial charge in [0, 0.05) is 37.8 Å². The zero-order valence-electron chi connectivity index (χ0n) is 18.3. The highest BCUT2D eigenvalue weighted by atomic mass is 35.5. The van der Waals surface area contributed by atoms with Crippen LogP contribution in [0.15, 0.2) is 47.0 Å². The Morgan fingerprint density at radius 1 is 1.14 bits per heavy atom. The number of rotatable bonds is 4. The molecule has 35 heavy (non-hydrogen) atoms. The first-order valence-corrected chi connectivity index (χ1v) is 11.8. The molecule has 2 aromatic heterocycles. The van der Waals surface area contributed by atoms with Gasteiger partial charge < -0.3 is 19.1 Å². The minimum atomic E-state index is -4.75. The number of nitrogens with zero attached hydrogens (tertiary/aromatic N) is 4. The molecular weight excluding hydrogens is 505 g/mol. The Labute approximate surface area is 206 Å². The number of benzene rings is 2. The number of anilines is 1. The number of hydrogen-bond acceptors (Lipinski definition) is 7. The average molecular weight is 523 g/mol. The SMILES string of the molecule is Cc1onc(-c2ccccc2Cl)c1C(=O)N1CCN(c2nc3ccc(OC(F)(F)F)cc3s2)CC1. The third kappa shape index (κ3) is 4.78. The molecule has 1 saturated heterocycles. The van der Waals surface area contributed by atoms with Gasteiger partial charge in [0.15, 0.2) is 5.13 Å². The Morgan fingerprint density at radius 3 is 2.60 bits per heavy atom. The van der Waals surface area contributed by atoms with E-state index in [4.69, 9.17) is 16.1 Å². The van der Waals surface area contributed by atoms with Gasteiger partial charge in [-0.05, 0) is 25.1 Å². The highest BCUT2D eigenvalue weighted by Crippen LogP contribution is 2.35. The van der Waals surface area contributed by atoms with E-state index in [1.807, 2.05) is 11.0 Å². The van der Waals surface area contributed by atoms with Crippen LogP contribution < -0.4 is 9.64 Å². The van der Waals surface area contributed by atoms with Gasteiger partial charge in [0.05, 0.1) is 15.2 Å². The number of carbonyl (C=O) groups excluding carboxylic acids is 1. The molecule has 0 atom stereocenters. The molecule has 3 heterocycles. The molecule has 0 N–H and O–H groups in total. The molecule has 0 spiro atoms. The van der Waals surface area contributed by atoms with Crippen molar-refractivity contribution in [3.05, 3.63) is 58.8 Å². The number of aromatic nitrogens is 2. The normalized spacial score (nSPS) is 14.5. The quantitative estimate of drug-likeness (QED) is 0.339. The van der Waals surface area contributed by atoms with Gasteiger partial charge in [-0.1, -0.05) is 46.3 Å². The summed E-state index contributed by atoms with van der Waals surface area (Å²) in [5, 5.41) is 5.22. The number of alkyl halides is 3. The Kier molecular flexibility index (Phi) is 6.06. The summed E-state index contributed by atoms with van der Waals surface area (Å²) in [6, 6.07) is 11.2. The minimum absolute atomic E-state index is 0.198. The fraction of sp³-hybridized carbons (Fsp3) is 0.261. The van der Waals surface area contributed by atoms with E-state index in [9.17, 15) is 18.0 Å². The van der Waals surface area contributed by atoms with Crippen molar-refractivity contribution in [2.45, 2.75) is 13.3 Å². The van der Waals surface area contributed by atoms with Crippen molar-refractivity contribution >= 4 is 44.2 Å². The molecule has 1 fully saturated rings. The molecule has 182 valence electrons. The van der Waals surface area contributed by atoms with Gasteiger partial charge >= 0.3 is 6.36 Å². The topological polar surface area (TPSA) is 71.7 Å². The molecule has 0 aliphatic carbocycles. The van der Waals surface area contributed by atoms with Crippen molar-refractivity contribution < 1.29 is 27.2 Å². The first-order chi connectivity index (χ1) is 16.7. The Hall–Kier alpha value is -3.31. The monoisotopic (exact) mass is 522 g/mol. The highest BCUT2D eigenvalue weighted by molar-refractivity contribution is 7.22. The highest BCUT2D eigenvalue weighted by Gasteiger charge is 2.32. The van der Waals surface area contributed by atoms with Crippen molar-refractivity contribution in [1.82, 2.24) is 15.0 Å². The van der Waals surface area contributed by atoms with Crippen molar-refractivity contribution in [3.63, 3.8) is 0 Å². The largest absolute Gasteiger partial charge is 0.573 e. The Bertz CT molecular complexity index is 1400. The summed E-state index contributed by atoms with van der Waals surface area (Å²) in [5.41, 5.74) is 1.99. The molecule has 0 radical (unpaired) electrons. The summed E-state index contributed by atoms with van der Waals surface area (Å²) in [5.74, 6) is -0.0685. The lowest BCUT2D eigenvalue weighted by Crippen LogP contribution is -2.49. The van der Waals surface area contributed by atoms with Crippen LogP contribution in [0.4, 0.5) is 18.3 Å². The number of fused-ring (bicyclic) bond motifs is 1. The summed E-state index contributed by atoms with van der Waals surface area (Å²) in [7, 11) is 0. The molecule has 7 nitrogen and oxygen atoms in total. The van der Waals surface area contributed by atoms with Crippen LogP contribution in [0.1, 0.15) is 16.1 Å². The number of amides is 1. The van der Waals surface area contributed by atoms with Crippen LogP contribution in [0.3, 0.4) is 0 Å². The van der Waals surface area contributed by atoms with Gasteiger partial charge in [0.1, 0.15) is 22.8 Å². The van der Waals surface area contributed by atoms with E-state index < -0.39 is 6.36 Å². The smallest absolute Gasteiger partial charge is 0.406 e. The fourth-order valence-electron chi connectivity index (χ4n) is 3.95. The molecule has 4 aromatic rings. The number of thiazole rings is 1. The molecule has 12 heteroatoms. The molecule has 0 bridgehead atoms. The molecule has 0 saturated carbocycles. The lowest BCUT2D eigenvalue weighted by atomic mass is 10.0. The number of piperazine rings is 1. The summed E-state index contributed by atoms with van der Waals surface area (Å²) in [6.07, 6.45) is -4.75. The molecule has 1 amide bonds.